The number of carbonyl (C=O) groups is 3. The highest BCUT2D eigenvalue weighted by molar-refractivity contribution is 6.31. The molecule has 1 fully saturated rings. The number of likely N-dealkylation sites (tertiary alicyclic amines) is 1. The van der Waals surface area contributed by atoms with E-state index in [0.717, 1.165) is 5.56 Å². The number of amides is 3. The Morgan fingerprint density at radius 1 is 1.15 bits per heavy atom. The lowest BCUT2D eigenvalue weighted by molar-refractivity contribution is -0.128. The fraction of sp³-hybridized carbons (Fsp3) is 0.211. The molecule has 2 aromatic carbocycles. The summed E-state index contributed by atoms with van der Waals surface area (Å²) in [6.07, 6.45) is 0.162. The number of rotatable bonds is 5. The van der Waals surface area contributed by atoms with Gasteiger partial charge in [0, 0.05) is 35.8 Å². The molecule has 0 unspecified atom stereocenters. The molecule has 1 atom stereocenters. The lowest BCUT2D eigenvalue weighted by Crippen LogP contribution is -2.28. The van der Waals surface area contributed by atoms with Crippen LogP contribution in [0.1, 0.15) is 22.3 Å². The molecule has 134 valence electrons. The third kappa shape index (κ3) is 4.03. The van der Waals surface area contributed by atoms with Crippen molar-refractivity contribution < 1.29 is 14.4 Å². The predicted molar refractivity (Wildman–Crippen MR) is 98.6 cm³/mol. The fourth-order valence-electron chi connectivity index (χ4n) is 2.90. The number of hydrogen-bond donors (Lipinski definition) is 2. The average Bonchev–Trinajstić information content (AvgIpc) is 2.98. The summed E-state index contributed by atoms with van der Waals surface area (Å²) in [6.45, 7) is 0.727. The van der Waals surface area contributed by atoms with Crippen molar-refractivity contribution in [2.75, 3.05) is 11.9 Å². The number of nitrogens with one attached hydrogen (secondary N) is 1. The van der Waals surface area contributed by atoms with Gasteiger partial charge in [-0.3, -0.25) is 14.4 Å². The van der Waals surface area contributed by atoms with Crippen molar-refractivity contribution in [1.82, 2.24) is 4.90 Å². The largest absolute Gasteiger partial charge is 0.366 e. The first kappa shape index (κ1) is 17.9. The van der Waals surface area contributed by atoms with Crippen LogP contribution < -0.4 is 11.1 Å². The van der Waals surface area contributed by atoms with Gasteiger partial charge >= 0.3 is 0 Å². The van der Waals surface area contributed by atoms with Crippen molar-refractivity contribution in [2.24, 2.45) is 11.7 Å². The molecular formula is C19H18ClN3O3. The molecule has 1 aliphatic heterocycles. The van der Waals surface area contributed by atoms with Gasteiger partial charge in [0.1, 0.15) is 0 Å². The topological polar surface area (TPSA) is 92.5 Å². The van der Waals surface area contributed by atoms with Crippen LogP contribution in [0.15, 0.2) is 48.5 Å². The van der Waals surface area contributed by atoms with Crippen molar-refractivity contribution in [3.05, 3.63) is 64.7 Å². The fourth-order valence-corrected chi connectivity index (χ4v) is 3.09. The van der Waals surface area contributed by atoms with Crippen LogP contribution >= 0.6 is 11.6 Å². The molecule has 3 amide bonds. The summed E-state index contributed by atoms with van der Waals surface area (Å²) in [5.74, 6) is -1.26. The van der Waals surface area contributed by atoms with E-state index >= 15 is 0 Å². The highest BCUT2D eigenvalue weighted by Crippen LogP contribution is 2.24. The Bertz CT molecular complexity index is 851. The number of anilines is 1. The highest BCUT2D eigenvalue weighted by Gasteiger charge is 2.34. The van der Waals surface area contributed by atoms with Gasteiger partial charge in [-0.2, -0.15) is 0 Å². The van der Waals surface area contributed by atoms with Crippen LogP contribution in [-0.2, 0) is 16.1 Å². The molecule has 1 heterocycles. The first-order valence-corrected chi connectivity index (χ1v) is 8.54. The van der Waals surface area contributed by atoms with Crippen LogP contribution in [0.2, 0.25) is 5.02 Å². The number of nitrogens with zero attached hydrogens (tertiary/aromatic N) is 1. The Balaban J connectivity index is 1.61. The highest BCUT2D eigenvalue weighted by atomic mass is 35.5. The third-order valence-corrected chi connectivity index (χ3v) is 4.71. The molecule has 0 aromatic heterocycles. The van der Waals surface area contributed by atoms with Crippen molar-refractivity contribution in [1.29, 1.82) is 0 Å². The number of carbonyl (C=O) groups excluding carboxylic acids is 3. The van der Waals surface area contributed by atoms with Crippen LogP contribution in [-0.4, -0.2) is 29.2 Å². The van der Waals surface area contributed by atoms with Crippen LogP contribution in [0.4, 0.5) is 5.69 Å². The lowest BCUT2D eigenvalue weighted by atomic mass is 10.1. The predicted octanol–water partition coefficient (Wildman–Crippen LogP) is 2.43. The zero-order chi connectivity index (χ0) is 18.7. The summed E-state index contributed by atoms with van der Waals surface area (Å²) in [5, 5.41) is 3.37. The number of nitrogens with two attached hydrogens (primary N) is 1. The first-order chi connectivity index (χ1) is 12.4. The van der Waals surface area contributed by atoms with Gasteiger partial charge < -0.3 is 16.0 Å². The minimum atomic E-state index is -0.528. The average molecular weight is 372 g/mol. The zero-order valence-electron chi connectivity index (χ0n) is 13.9. The Morgan fingerprint density at radius 3 is 2.50 bits per heavy atom. The Morgan fingerprint density at radius 2 is 1.85 bits per heavy atom. The van der Waals surface area contributed by atoms with E-state index in [1.807, 2.05) is 18.2 Å². The molecule has 0 spiro atoms. The van der Waals surface area contributed by atoms with Gasteiger partial charge in [-0.1, -0.05) is 29.8 Å². The SMILES string of the molecule is NC(=O)c1ccc(NC(=O)[C@@H]2CC(=O)N(Cc3ccccc3Cl)C2)cc1. The van der Waals surface area contributed by atoms with Crippen LogP contribution in [0.3, 0.4) is 0 Å². The molecule has 3 rings (SSSR count). The molecule has 1 saturated heterocycles. The van der Waals surface area contributed by atoms with Crippen molar-refractivity contribution >= 4 is 35.0 Å². The van der Waals surface area contributed by atoms with E-state index < -0.39 is 11.8 Å². The molecule has 0 aliphatic carbocycles. The van der Waals surface area contributed by atoms with E-state index in [1.165, 1.54) is 0 Å². The third-order valence-electron chi connectivity index (χ3n) is 4.34. The molecule has 1 aliphatic rings. The summed E-state index contributed by atoms with van der Waals surface area (Å²) in [7, 11) is 0. The van der Waals surface area contributed by atoms with E-state index in [-0.39, 0.29) is 18.2 Å². The lowest BCUT2D eigenvalue weighted by Gasteiger charge is -2.17. The Hall–Kier alpha value is -2.86. The maximum atomic E-state index is 12.4. The van der Waals surface area contributed by atoms with E-state index in [9.17, 15) is 14.4 Å². The molecule has 0 radical (unpaired) electrons. The zero-order valence-corrected chi connectivity index (χ0v) is 14.7. The number of benzene rings is 2. The smallest absolute Gasteiger partial charge is 0.248 e. The van der Waals surface area contributed by atoms with E-state index in [0.29, 0.717) is 29.4 Å². The van der Waals surface area contributed by atoms with Gasteiger partial charge in [0.15, 0.2) is 0 Å². The van der Waals surface area contributed by atoms with E-state index in [4.69, 9.17) is 17.3 Å². The standard InChI is InChI=1S/C19H18ClN3O3/c20-16-4-2-1-3-13(16)10-23-11-14(9-17(23)24)19(26)22-15-7-5-12(6-8-15)18(21)25/h1-8,14H,9-11H2,(H2,21,25)(H,22,26)/t14-/m1/s1. The molecule has 26 heavy (non-hydrogen) atoms. The van der Waals surface area contributed by atoms with Crippen LogP contribution in [0, 0.1) is 5.92 Å². The molecule has 0 saturated carbocycles. The number of halogens is 1. The van der Waals surface area contributed by atoms with Crippen LogP contribution in [0.5, 0.6) is 0 Å². The normalized spacial score (nSPS) is 16.6. The summed E-state index contributed by atoms with van der Waals surface area (Å²) in [6, 6.07) is 13.6. The van der Waals surface area contributed by atoms with Crippen molar-refractivity contribution in [3.63, 3.8) is 0 Å². The second-order valence-corrected chi connectivity index (χ2v) is 6.60. The molecule has 0 bridgehead atoms. The molecule has 3 N–H and O–H groups in total. The van der Waals surface area contributed by atoms with Gasteiger partial charge in [-0.05, 0) is 35.9 Å². The van der Waals surface area contributed by atoms with E-state index in [2.05, 4.69) is 5.32 Å². The van der Waals surface area contributed by atoms with Gasteiger partial charge in [-0.25, -0.2) is 0 Å². The van der Waals surface area contributed by atoms with Crippen molar-refractivity contribution in [3.8, 4) is 0 Å². The van der Waals surface area contributed by atoms with Crippen LogP contribution in [0.25, 0.3) is 0 Å². The molecular weight excluding hydrogens is 354 g/mol. The monoisotopic (exact) mass is 371 g/mol. The Kier molecular flexibility index (Phi) is 5.23. The maximum Gasteiger partial charge on any atom is 0.248 e. The minimum absolute atomic E-state index is 0.0749. The van der Waals surface area contributed by atoms with Crippen molar-refractivity contribution in [2.45, 2.75) is 13.0 Å². The second kappa shape index (κ2) is 7.58. The maximum absolute atomic E-state index is 12.4. The minimum Gasteiger partial charge on any atom is -0.366 e. The molecule has 6 nitrogen and oxygen atoms in total. The van der Waals surface area contributed by atoms with Gasteiger partial charge in [0.05, 0.1) is 5.92 Å². The van der Waals surface area contributed by atoms with Gasteiger partial charge in [0.25, 0.3) is 0 Å². The summed E-state index contributed by atoms with van der Waals surface area (Å²) in [5.41, 5.74) is 6.96. The molecule has 7 heteroatoms. The Labute approximate surface area is 155 Å². The quantitative estimate of drug-likeness (QED) is 0.845. The summed E-state index contributed by atoms with van der Waals surface area (Å²) >= 11 is 6.14. The number of hydrogen-bond acceptors (Lipinski definition) is 3. The van der Waals surface area contributed by atoms with Gasteiger partial charge in [0.2, 0.25) is 17.7 Å². The molecule has 2 aromatic rings. The first-order valence-electron chi connectivity index (χ1n) is 8.16. The second-order valence-electron chi connectivity index (χ2n) is 6.20. The van der Waals surface area contributed by atoms with Gasteiger partial charge in [-0.15, -0.1) is 0 Å². The number of primary amides is 1. The summed E-state index contributed by atoms with van der Waals surface area (Å²) < 4.78 is 0. The van der Waals surface area contributed by atoms with E-state index in [1.54, 1.807) is 35.2 Å². The summed E-state index contributed by atoms with van der Waals surface area (Å²) in [4.78, 5) is 37.4.